The lowest BCUT2D eigenvalue weighted by atomic mass is 10.1. The minimum Gasteiger partial charge on any atom is -0.496 e. The molecule has 98 valence electrons. The normalized spacial score (nSPS) is 10.1. The van der Waals surface area contributed by atoms with Gasteiger partial charge in [0.05, 0.1) is 7.11 Å². The molecule has 0 unspecified atom stereocenters. The second-order valence-corrected chi connectivity index (χ2v) is 4.58. The van der Waals surface area contributed by atoms with Crippen LogP contribution in [0.2, 0.25) is 5.02 Å². The summed E-state index contributed by atoms with van der Waals surface area (Å²) in [5.74, 6) is 0.608. The molecule has 0 aliphatic carbocycles. The number of ether oxygens (including phenoxy) is 1. The molecule has 0 radical (unpaired) electrons. The summed E-state index contributed by atoms with van der Waals surface area (Å²) in [7, 11) is 1.61. The Kier molecular flexibility index (Phi) is 4.07. The first-order valence-corrected chi connectivity index (χ1v) is 6.19. The van der Waals surface area contributed by atoms with Crippen molar-refractivity contribution >= 4 is 23.2 Å². The Balaban J connectivity index is 2.16. The number of carbonyl (C=O) groups is 1. The quantitative estimate of drug-likeness (QED) is 0.922. The number of hydrogen-bond acceptors (Lipinski definition) is 2. The highest BCUT2D eigenvalue weighted by Crippen LogP contribution is 2.20. The summed E-state index contributed by atoms with van der Waals surface area (Å²) < 4.78 is 5.16. The number of rotatable bonds is 3. The monoisotopic (exact) mass is 275 g/mol. The van der Waals surface area contributed by atoms with E-state index in [-0.39, 0.29) is 5.91 Å². The Morgan fingerprint density at radius 3 is 2.42 bits per heavy atom. The van der Waals surface area contributed by atoms with Crippen molar-refractivity contribution in [2.75, 3.05) is 12.4 Å². The van der Waals surface area contributed by atoms with Crippen LogP contribution >= 0.6 is 11.6 Å². The Morgan fingerprint density at radius 2 is 1.84 bits per heavy atom. The molecule has 1 N–H and O–H groups in total. The second kappa shape index (κ2) is 5.76. The minimum absolute atomic E-state index is 0.159. The maximum Gasteiger partial charge on any atom is 0.255 e. The first kappa shape index (κ1) is 13.4. The third-order valence-electron chi connectivity index (χ3n) is 2.76. The molecule has 2 aromatic carbocycles. The molecule has 0 saturated heterocycles. The Morgan fingerprint density at radius 1 is 1.16 bits per heavy atom. The highest BCUT2D eigenvalue weighted by molar-refractivity contribution is 6.30. The average molecular weight is 276 g/mol. The van der Waals surface area contributed by atoms with E-state index in [2.05, 4.69) is 5.32 Å². The highest BCUT2D eigenvalue weighted by atomic mass is 35.5. The van der Waals surface area contributed by atoms with Gasteiger partial charge < -0.3 is 10.1 Å². The van der Waals surface area contributed by atoms with E-state index in [1.165, 1.54) is 0 Å². The second-order valence-electron chi connectivity index (χ2n) is 4.15. The number of aryl methyl sites for hydroxylation is 1. The topological polar surface area (TPSA) is 38.3 Å². The van der Waals surface area contributed by atoms with Crippen molar-refractivity contribution in [3.8, 4) is 5.75 Å². The number of benzene rings is 2. The zero-order valence-corrected chi connectivity index (χ0v) is 11.5. The molecule has 19 heavy (non-hydrogen) atoms. The molecule has 0 aliphatic heterocycles. The summed E-state index contributed by atoms with van der Waals surface area (Å²) in [4.78, 5) is 12.1. The van der Waals surface area contributed by atoms with E-state index >= 15 is 0 Å². The van der Waals surface area contributed by atoms with Crippen LogP contribution in [0.1, 0.15) is 15.9 Å². The van der Waals surface area contributed by atoms with Crippen LogP contribution < -0.4 is 10.1 Å². The third-order valence-corrected chi connectivity index (χ3v) is 3.01. The fraction of sp³-hybridized carbons (Fsp3) is 0.133. The number of methoxy groups -OCH3 is 1. The number of nitrogens with one attached hydrogen (secondary N) is 1. The van der Waals surface area contributed by atoms with Gasteiger partial charge >= 0.3 is 0 Å². The molecule has 0 aromatic heterocycles. The smallest absolute Gasteiger partial charge is 0.255 e. The summed E-state index contributed by atoms with van der Waals surface area (Å²) in [5, 5.41) is 3.45. The number of anilines is 1. The molecule has 1 amide bonds. The lowest BCUT2D eigenvalue weighted by Crippen LogP contribution is -2.12. The van der Waals surface area contributed by atoms with E-state index < -0.39 is 0 Å². The van der Waals surface area contributed by atoms with E-state index in [0.717, 1.165) is 11.3 Å². The lowest BCUT2D eigenvalue weighted by Gasteiger charge is -2.08. The van der Waals surface area contributed by atoms with Gasteiger partial charge in [0.25, 0.3) is 5.91 Å². The van der Waals surface area contributed by atoms with E-state index in [0.29, 0.717) is 16.3 Å². The average Bonchev–Trinajstić information content (AvgIpc) is 2.41. The van der Waals surface area contributed by atoms with Crippen LogP contribution in [0, 0.1) is 6.92 Å². The standard InChI is InChI=1S/C15H14ClNO2/c1-10-9-11(3-8-14(10)19-2)15(18)17-13-6-4-12(16)5-7-13/h3-9H,1-2H3,(H,17,18). The molecule has 2 aromatic rings. The van der Waals surface area contributed by atoms with E-state index in [1.54, 1.807) is 49.6 Å². The first-order chi connectivity index (χ1) is 9.10. The lowest BCUT2D eigenvalue weighted by molar-refractivity contribution is 0.102. The summed E-state index contributed by atoms with van der Waals surface area (Å²) in [5.41, 5.74) is 2.22. The van der Waals surface area contributed by atoms with Crippen LogP contribution in [-0.4, -0.2) is 13.0 Å². The SMILES string of the molecule is COc1ccc(C(=O)Nc2ccc(Cl)cc2)cc1C. The number of halogens is 1. The first-order valence-electron chi connectivity index (χ1n) is 5.81. The molecule has 0 spiro atoms. The van der Waals surface area contributed by atoms with Crippen LogP contribution in [-0.2, 0) is 0 Å². The highest BCUT2D eigenvalue weighted by Gasteiger charge is 2.08. The molecule has 0 fully saturated rings. The van der Waals surface area contributed by atoms with Gasteiger partial charge in [-0.15, -0.1) is 0 Å². The van der Waals surface area contributed by atoms with Crippen LogP contribution in [0.3, 0.4) is 0 Å². The molecule has 3 nitrogen and oxygen atoms in total. The van der Waals surface area contributed by atoms with Gasteiger partial charge in [0.15, 0.2) is 0 Å². The molecular weight excluding hydrogens is 262 g/mol. The van der Waals surface area contributed by atoms with Crippen molar-refractivity contribution in [3.05, 3.63) is 58.6 Å². The third kappa shape index (κ3) is 3.26. The number of hydrogen-bond donors (Lipinski definition) is 1. The maximum absolute atomic E-state index is 12.1. The number of amides is 1. The predicted molar refractivity (Wildman–Crippen MR) is 77.1 cm³/mol. The van der Waals surface area contributed by atoms with Crippen LogP contribution in [0.4, 0.5) is 5.69 Å². The minimum atomic E-state index is -0.159. The van der Waals surface area contributed by atoms with E-state index in [1.807, 2.05) is 6.92 Å². The van der Waals surface area contributed by atoms with Gasteiger partial charge in [-0.25, -0.2) is 0 Å². The summed E-state index contributed by atoms with van der Waals surface area (Å²) >= 11 is 5.79. The molecule has 0 bridgehead atoms. The zero-order chi connectivity index (χ0) is 13.8. The summed E-state index contributed by atoms with van der Waals surface area (Å²) in [6.45, 7) is 1.90. The van der Waals surface area contributed by atoms with E-state index in [9.17, 15) is 4.79 Å². The Bertz CT molecular complexity index is 594. The Labute approximate surface area is 117 Å². The molecule has 4 heteroatoms. The van der Waals surface area contributed by atoms with Crippen molar-refractivity contribution in [1.82, 2.24) is 0 Å². The zero-order valence-electron chi connectivity index (χ0n) is 10.7. The molecule has 0 atom stereocenters. The van der Waals surface area contributed by atoms with Gasteiger partial charge in [-0.05, 0) is 55.0 Å². The molecule has 2 rings (SSSR count). The fourth-order valence-electron chi connectivity index (χ4n) is 1.76. The van der Waals surface area contributed by atoms with Crippen LogP contribution in [0.5, 0.6) is 5.75 Å². The molecule has 0 heterocycles. The van der Waals surface area contributed by atoms with Gasteiger partial charge in [-0.2, -0.15) is 0 Å². The van der Waals surface area contributed by atoms with Crippen molar-refractivity contribution < 1.29 is 9.53 Å². The van der Waals surface area contributed by atoms with Crippen molar-refractivity contribution in [3.63, 3.8) is 0 Å². The van der Waals surface area contributed by atoms with Crippen molar-refractivity contribution in [1.29, 1.82) is 0 Å². The number of carbonyl (C=O) groups excluding carboxylic acids is 1. The van der Waals surface area contributed by atoms with Gasteiger partial charge in [0, 0.05) is 16.3 Å². The molecule has 0 saturated carbocycles. The van der Waals surface area contributed by atoms with E-state index in [4.69, 9.17) is 16.3 Å². The van der Waals surface area contributed by atoms with Crippen molar-refractivity contribution in [2.45, 2.75) is 6.92 Å². The van der Waals surface area contributed by atoms with Gasteiger partial charge in [0.1, 0.15) is 5.75 Å². The van der Waals surface area contributed by atoms with Gasteiger partial charge in [0.2, 0.25) is 0 Å². The molecular formula is C15H14ClNO2. The van der Waals surface area contributed by atoms with Gasteiger partial charge in [-0.1, -0.05) is 11.6 Å². The summed E-state index contributed by atoms with van der Waals surface area (Å²) in [6.07, 6.45) is 0. The van der Waals surface area contributed by atoms with Gasteiger partial charge in [-0.3, -0.25) is 4.79 Å². The van der Waals surface area contributed by atoms with Crippen LogP contribution in [0.15, 0.2) is 42.5 Å². The van der Waals surface area contributed by atoms with Crippen molar-refractivity contribution in [2.24, 2.45) is 0 Å². The predicted octanol–water partition coefficient (Wildman–Crippen LogP) is 3.91. The maximum atomic E-state index is 12.1. The van der Waals surface area contributed by atoms with Crippen LogP contribution in [0.25, 0.3) is 0 Å². The fourth-order valence-corrected chi connectivity index (χ4v) is 1.88. The molecule has 0 aliphatic rings. The Hall–Kier alpha value is -2.00. The largest absolute Gasteiger partial charge is 0.496 e. The summed E-state index contributed by atoms with van der Waals surface area (Å²) in [6, 6.07) is 12.3.